The maximum Gasteiger partial charge on any atom is 0.407 e. The van der Waals surface area contributed by atoms with Gasteiger partial charge in [0.2, 0.25) is 0 Å². The summed E-state index contributed by atoms with van der Waals surface area (Å²) in [7, 11) is 0. The van der Waals surface area contributed by atoms with E-state index in [0.717, 1.165) is 28.0 Å². The zero-order valence-corrected chi connectivity index (χ0v) is 20.0. The quantitative estimate of drug-likeness (QED) is 0.429. The summed E-state index contributed by atoms with van der Waals surface area (Å²) in [6, 6.07) is 16.2. The number of carbonyl (C=O) groups is 1. The van der Waals surface area contributed by atoms with E-state index in [9.17, 15) is 14.3 Å². The second kappa shape index (κ2) is 8.69. The number of imidazole rings is 1. The Hall–Kier alpha value is -3.94. The number of fused-ring (bicyclic) bond motifs is 1. The first-order valence-corrected chi connectivity index (χ1v) is 11.7. The van der Waals surface area contributed by atoms with Gasteiger partial charge in [0.15, 0.2) is 0 Å². The predicted octanol–water partition coefficient (Wildman–Crippen LogP) is 5.44. The summed E-state index contributed by atoms with van der Waals surface area (Å²) >= 11 is 0. The van der Waals surface area contributed by atoms with Crippen molar-refractivity contribution >= 4 is 22.8 Å². The minimum Gasteiger partial charge on any atom is -0.465 e. The number of carboxylic acid groups (broad SMARTS) is 1. The number of piperazine rings is 1. The third-order valence-electron chi connectivity index (χ3n) is 6.65. The topological polar surface area (TPSA) is 74.5 Å². The number of hydrogen-bond donors (Lipinski definition) is 1. The molecular formula is C27H28FN5O2. The van der Waals surface area contributed by atoms with Crippen LogP contribution in [0.2, 0.25) is 0 Å². The molecule has 1 amide bonds. The van der Waals surface area contributed by atoms with E-state index in [-0.39, 0.29) is 17.3 Å². The van der Waals surface area contributed by atoms with Crippen molar-refractivity contribution < 1.29 is 14.3 Å². The standard InChI is InChI=1S/C27H28FN5O2/c1-27(2,3)24-17-31(14-15-32(24)26(34)35)21-8-9-22-23(16-21)33(20-10-12-29-13-11-20)25(30-22)18-4-6-19(28)7-5-18/h4-13,16,24H,14-15,17H2,1-3H3,(H,34,35). The first-order chi connectivity index (χ1) is 16.7. The number of rotatable bonds is 3. The molecule has 1 N–H and O–H groups in total. The van der Waals surface area contributed by atoms with E-state index in [0.29, 0.717) is 25.5 Å². The number of amides is 1. The molecule has 2 aromatic carbocycles. The van der Waals surface area contributed by atoms with E-state index in [4.69, 9.17) is 4.98 Å². The molecule has 35 heavy (non-hydrogen) atoms. The van der Waals surface area contributed by atoms with Crippen molar-refractivity contribution in [2.24, 2.45) is 5.41 Å². The van der Waals surface area contributed by atoms with Crippen molar-refractivity contribution in [3.8, 4) is 17.1 Å². The summed E-state index contributed by atoms with van der Waals surface area (Å²) in [5.41, 5.74) is 4.27. The van der Waals surface area contributed by atoms with Gasteiger partial charge in [-0.25, -0.2) is 14.2 Å². The lowest BCUT2D eigenvalue weighted by Crippen LogP contribution is -2.59. The average Bonchev–Trinajstić information content (AvgIpc) is 3.23. The maximum atomic E-state index is 13.6. The molecule has 0 bridgehead atoms. The van der Waals surface area contributed by atoms with Gasteiger partial charge in [-0.1, -0.05) is 20.8 Å². The molecule has 8 heteroatoms. The molecule has 0 radical (unpaired) electrons. The molecule has 1 unspecified atom stereocenters. The smallest absolute Gasteiger partial charge is 0.407 e. The van der Waals surface area contributed by atoms with Crippen LogP contribution in [0, 0.1) is 11.2 Å². The average molecular weight is 474 g/mol. The minimum atomic E-state index is -0.875. The van der Waals surface area contributed by atoms with Crippen LogP contribution in [0.5, 0.6) is 0 Å². The monoisotopic (exact) mass is 473 g/mol. The molecule has 0 aliphatic carbocycles. The summed E-state index contributed by atoms with van der Waals surface area (Å²) in [6.07, 6.45) is 2.59. The SMILES string of the molecule is CC(C)(C)C1CN(c2ccc3nc(-c4ccc(F)cc4)n(-c4ccncc4)c3c2)CCN1C(=O)O. The van der Waals surface area contributed by atoms with Crippen LogP contribution in [0.15, 0.2) is 67.0 Å². The predicted molar refractivity (Wildman–Crippen MR) is 134 cm³/mol. The Morgan fingerprint density at radius 2 is 1.71 bits per heavy atom. The molecule has 4 aromatic rings. The first kappa shape index (κ1) is 22.8. The number of nitrogens with zero attached hydrogens (tertiary/aromatic N) is 5. The molecular weight excluding hydrogens is 445 g/mol. The zero-order valence-electron chi connectivity index (χ0n) is 20.0. The Labute approximate surface area is 203 Å². The van der Waals surface area contributed by atoms with Crippen LogP contribution in [0.1, 0.15) is 20.8 Å². The van der Waals surface area contributed by atoms with Crippen LogP contribution < -0.4 is 4.90 Å². The third-order valence-corrected chi connectivity index (χ3v) is 6.65. The van der Waals surface area contributed by atoms with Crippen LogP contribution in [0.3, 0.4) is 0 Å². The number of aromatic nitrogens is 3. The molecule has 0 saturated carbocycles. The maximum absolute atomic E-state index is 13.6. The molecule has 1 fully saturated rings. The van der Waals surface area contributed by atoms with Crippen LogP contribution in [0.25, 0.3) is 28.1 Å². The molecule has 5 rings (SSSR count). The number of pyridine rings is 1. The second-order valence-corrected chi connectivity index (χ2v) is 9.96. The fraction of sp³-hybridized carbons (Fsp3) is 0.296. The van der Waals surface area contributed by atoms with Crippen LogP contribution in [-0.2, 0) is 0 Å². The van der Waals surface area contributed by atoms with E-state index in [2.05, 4.69) is 41.3 Å². The van der Waals surface area contributed by atoms with E-state index < -0.39 is 6.09 Å². The Bertz CT molecular complexity index is 1360. The van der Waals surface area contributed by atoms with Gasteiger partial charge >= 0.3 is 6.09 Å². The Balaban J connectivity index is 1.61. The van der Waals surface area contributed by atoms with Gasteiger partial charge in [-0.05, 0) is 60.0 Å². The number of hydrogen-bond acceptors (Lipinski definition) is 4. The highest BCUT2D eigenvalue weighted by Gasteiger charge is 2.38. The lowest BCUT2D eigenvalue weighted by molar-refractivity contribution is 0.0748. The second-order valence-electron chi connectivity index (χ2n) is 9.96. The molecule has 1 saturated heterocycles. The third kappa shape index (κ3) is 4.32. The summed E-state index contributed by atoms with van der Waals surface area (Å²) in [4.78, 5) is 24.7. The Morgan fingerprint density at radius 1 is 1.00 bits per heavy atom. The first-order valence-electron chi connectivity index (χ1n) is 11.7. The molecule has 7 nitrogen and oxygen atoms in total. The Morgan fingerprint density at radius 3 is 2.37 bits per heavy atom. The van der Waals surface area contributed by atoms with Gasteiger partial charge in [-0.15, -0.1) is 0 Å². The van der Waals surface area contributed by atoms with Gasteiger partial charge in [0.25, 0.3) is 0 Å². The van der Waals surface area contributed by atoms with Crippen LogP contribution >= 0.6 is 0 Å². The van der Waals surface area contributed by atoms with Crippen molar-refractivity contribution in [2.75, 3.05) is 24.5 Å². The molecule has 2 aromatic heterocycles. The molecule has 1 aliphatic heterocycles. The van der Waals surface area contributed by atoms with E-state index >= 15 is 0 Å². The van der Waals surface area contributed by atoms with Crippen LogP contribution in [0.4, 0.5) is 14.9 Å². The highest BCUT2D eigenvalue weighted by Crippen LogP contribution is 2.34. The highest BCUT2D eigenvalue weighted by molar-refractivity contribution is 5.86. The fourth-order valence-corrected chi connectivity index (χ4v) is 4.80. The van der Waals surface area contributed by atoms with Crippen LogP contribution in [-0.4, -0.2) is 56.3 Å². The molecule has 0 spiro atoms. The van der Waals surface area contributed by atoms with Gasteiger partial charge in [-0.2, -0.15) is 0 Å². The molecule has 3 heterocycles. The van der Waals surface area contributed by atoms with Crippen molar-refractivity contribution in [1.82, 2.24) is 19.4 Å². The number of benzene rings is 2. The Kier molecular flexibility index (Phi) is 5.67. The van der Waals surface area contributed by atoms with Crippen molar-refractivity contribution in [1.29, 1.82) is 0 Å². The lowest BCUT2D eigenvalue weighted by atomic mass is 9.84. The summed E-state index contributed by atoms with van der Waals surface area (Å²) in [5, 5.41) is 9.73. The fourth-order valence-electron chi connectivity index (χ4n) is 4.80. The molecule has 1 aliphatic rings. The lowest BCUT2D eigenvalue weighted by Gasteiger charge is -2.46. The zero-order chi connectivity index (χ0) is 24.7. The van der Waals surface area contributed by atoms with E-state index in [1.165, 1.54) is 12.1 Å². The van der Waals surface area contributed by atoms with E-state index in [1.807, 2.05) is 24.3 Å². The summed E-state index contributed by atoms with van der Waals surface area (Å²) in [5.74, 6) is 0.420. The highest BCUT2D eigenvalue weighted by atomic mass is 19.1. The van der Waals surface area contributed by atoms with Gasteiger partial charge in [0.05, 0.1) is 22.8 Å². The van der Waals surface area contributed by atoms with Gasteiger partial charge < -0.3 is 14.9 Å². The largest absolute Gasteiger partial charge is 0.465 e. The molecule has 1 atom stereocenters. The van der Waals surface area contributed by atoms with Crippen molar-refractivity contribution in [2.45, 2.75) is 26.8 Å². The van der Waals surface area contributed by atoms with Crippen molar-refractivity contribution in [3.05, 3.63) is 72.8 Å². The van der Waals surface area contributed by atoms with Gasteiger partial charge in [0.1, 0.15) is 11.6 Å². The normalized spacial score (nSPS) is 16.6. The van der Waals surface area contributed by atoms with E-state index in [1.54, 1.807) is 29.4 Å². The van der Waals surface area contributed by atoms with Gasteiger partial charge in [-0.3, -0.25) is 9.55 Å². The number of anilines is 1. The minimum absolute atomic E-state index is 0.135. The van der Waals surface area contributed by atoms with Gasteiger partial charge in [0, 0.05) is 43.3 Å². The summed E-state index contributed by atoms with van der Waals surface area (Å²) in [6.45, 7) is 7.89. The molecule has 180 valence electrons. The number of halogens is 1. The van der Waals surface area contributed by atoms with Crippen molar-refractivity contribution in [3.63, 3.8) is 0 Å². The summed E-state index contributed by atoms with van der Waals surface area (Å²) < 4.78 is 15.7.